The minimum absolute atomic E-state index is 0.00434. The molecule has 0 aliphatic carbocycles. The van der Waals surface area contributed by atoms with Crippen LogP contribution in [0.1, 0.15) is 25.8 Å². The molecule has 0 saturated heterocycles. The van der Waals surface area contributed by atoms with Gasteiger partial charge in [-0.3, -0.25) is 14.9 Å². The normalized spacial score (nSPS) is 10.5. The van der Waals surface area contributed by atoms with Gasteiger partial charge >= 0.3 is 5.97 Å². The summed E-state index contributed by atoms with van der Waals surface area (Å²) < 4.78 is 0. The highest BCUT2D eigenvalue weighted by Crippen LogP contribution is 2.30. The number of aryl methyl sites for hydroxylation is 1. The molecule has 104 valence electrons. The lowest BCUT2D eigenvalue weighted by molar-refractivity contribution is -0.384. The molecular formula is C13H18N2O4. The first-order chi connectivity index (χ1) is 8.82. The van der Waals surface area contributed by atoms with Gasteiger partial charge in [-0.15, -0.1) is 0 Å². The molecule has 0 unspecified atom stereocenters. The number of nitrogens with zero attached hydrogens (tertiary/aromatic N) is 2. The molecule has 0 fully saturated rings. The summed E-state index contributed by atoms with van der Waals surface area (Å²) >= 11 is 0. The number of hydrogen-bond acceptors (Lipinski definition) is 4. The van der Waals surface area contributed by atoms with Crippen LogP contribution in [-0.4, -0.2) is 28.6 Å². The Bertz CT molecular complexity index is 486. The molecule has 6 nitrogen and oxygen atoms in total. The SMILES string of the molecule is Cc1ccc([N+](=O)[O-])c(N(CCC(=O)O)C(C)C)c1. The Labute approximate surface area is 111 Å². The lowest BCUT2D eigenvalue weighted by atomic mass is 10.1. The van der Waals surface area contributed by atoms with Gasteiger partial charge in [-0.05, 0) is 32.4 Å². The van der Waals surface area contributed by atoms with Crippen LogP contribution in [0.5, 0.6) is 0 Å². The predicted octanol–water partition coefficient (Wildman–Crippen LogP) is 2.59. The maximum atomic E-state index is 11.1. The van der Waals surface area contributed by atoms with Crippen molar-refractivity contribution in [2.45, 2.75) is 33.2 Å². The van der Waals surface area contributed by atoms with Crippen molar-refractivity contribution in [1.82, 2.24) is 0 Å². The van der Waals surface area contributed by atoms with Crippen LogP contribution in [0.3, 0.4) is 0 Å². The van der Waals surface area contributed by atoms with Gasteiger partial charge in [0.2, 0.25) is 0 Å². The molecule has 0 saturated carbocycles. The van der Waals surface area contributed by atoms with E-state index in [2.05, 4.69) is 0 Å². The van der Waals surface area contributed by atoms with E-state index in [1.165, 1.54) is 6.07 Å². The van der Waals surface area contributed by atoms with Crippen molar-refractivity contribution in [2.24, 2.45) is 0 Å². The smallest absolute Gasteiger partial charge is 0.305 e. The van der Waals surface area contributed by atoms with Crippen LogP contribution in [0, 0.1) is 17.0 Å². The molecule has 0 atom stereocenters. The number of anilines is 1. The van der Waals surface area contributed by atoms with Gasteiger partial charge in [-0.1, -0.05) is 6.07 Å². The molecular weight excluding hydrogens is 248 g/mol. The average Bonchev–Trinajstić information content (AvgIpc) is 2.27. The third-order valence-corrected chi connectivity index (χ3v) is 2.83. The van der Waals surface area contributed by atoms with Crippen molar-refractivity contribution in [3.63, 3.8) is 0 Å². The number of rotatable bonds is 6. The second-order valence-electron chi connectivity index (χ2n) is 4.68. The maximum Gasteiger partial charge on any atom is 0.305 e. The van der Waals surface area contributed by atoms with E-state index in [1.807, 2.05) is 20.8 Å². The molecule has 0 aromatic heterocycles. The average molecular weight is 266 g/mol. The number of hydrogen-bond donors (Lipinski definition) is 1. The fourth-order valence-corrected chi connectivity index (χ4v) is 1.89. The van der Waals surface area contributed by atoms with E-state index in [1.54, 1.807) is 17.0 Å². The van der Waals surface area contributed by atoms with Crippen molar-refractivity contribution >= 4 is 17.3 Å². The minimum atomic E-state index is -0.916. The van der Waals surface area contributed by atoms with E-state index >= 15 is 0 Å². The Morgan fingerprint density at radius 1 is 1.47 bits per heavy atom. The predicted molar refractivity (Wildman–Crippen MR) is 72.6 cm³/mol. The number of nitro benzene ring substituents is 1. The number of nitro groups is 1. The van der Waals surface area contributed by atoms with Gasteiger partial charge < -0.3 is 10.0 Å². The minimum Gasteiger partial charge on any atom is -0.481 e. The first-order valence-electron chi connectivity index (χ1n) is 6.06. The first kappa shape index (κ1) is 14.9. The van der Waals surface area contributed by atoms with E-state index in [0.717, 1.165) is 5.56 Å². The summed E-state index contributed by atoms with van der Waals surface area (Å²) in [5.41, 5.74) is 1.38. The Hall–Kier alpha value is -2.11. The van der Waals surface area contributed by atoms with Crippen molar-refractivity contribution < 1.29 is 14.8 Å². The highest BCUT2D eigenvalue weighted by atomic mass is 16.6. The zero-order valence-electron chi connectivity index (χ0n) is 11.3. The first-order valence-corrected chi connectivity index (χ1v) is 6.06. The van der Waals surface area contributed by atoms with Gasteiger partial charge in [0, 0.05) is 18.7 Å². The largest absolute Gasteiger partial charge is 0.481 e. The Morgan fingerprint density at radius 3 is 2.58 bits per heavy atom. The molecule has 0 amide bonds. The Balaban J connectivity index is 3.17. The number of aliphatic carboxylic acids is 1. The molecule has 0 aliphatic heterocycles. The van der Waals surface area contributed by atoms with Crippen molar-refractivity contribution in [2.75, 3.05) is 11.4 Å². The molecule has 1 N–H and O–H groups in total. The van der Waals surface area contributed by atoms with E-state index in [0.29, 0.717) is 5.69 Å². The standard InChI is InChI=1S/C13H18N2O4/c1-9(2)14(7-6-13(16)17)12-8-10(3)4-5-11(12)15(18)19/h4-5,8-9H,6-7H2,1-3H3,(H,16,17). The van der Waals surface area contributed by atoms with Crippen LogP contribution >= 0.6 is 0 Å². The van der Waals surface area contributed by atoms with Gasteiger partial charge in [0.1, 0.15) is 5.69 Å². The van der Waals surface area contributed by atoms with Gasteiger partial charge in [-0.2, -0.15) is 0 Å². The van der Waals surface area contributed by atoms with E-state index in [9.17, 15) is 14.9 Å². The van der Waals surface area contributed by atoms with Crippen LogP contribution in [0.4, 0.5) is 11.4 Å². The second-order valence-corrected chi connectivity index (χ2v) is 4.68. The Kier molecular flexibility index (Phi) is 4.86. The van der Waals surface area contributed by atoms with Crippen LogP contribution in [0.2, 0.25) is 0 Å². The molecule has 0 aliphatic rings. The second kappa shape index (κ2) is 6.17. The van der Waals surface area contributed by atoms with Gasteiger partial charge in [-0.25, -0.2) is 0 Å². The number of benzene rings is 1. The molecule has 19 heavy (non-hydrogen) atoms. The third kappa shape index (κ3) is 3.94. The molecule has 1 aromatic rings. The van der Waals surface area contributed by atoms with E-state index in [4.69, 9.17) is 5.11 Å². The van der Waals surface area contributed by atoms with Crippen LogP contribution in [0.25, 0.3) is 0 Å². The molecule has 6 heteroatoms. The quantitative estimate of drug-likeness (QED) is 0.632. The topological polar surface area (TPSA) is 83.7 Å². The zero-order valence-corrected chi connectivity index (χ0v) is 11.3. The van der Waals surface area contributed by atoms with Gasteiger partial charge in [0.15, 0.2) is 0 Å². The molecule has 0 radical (unpaired) electrons. The van der Waals surface area contributed by atoms with Crippen LogP contribution in [-0.2, 0) is 4.79 Å². The van der Waals surface area contributed by atoms with Crippen molar-refractivity contribution in [1.29, 1.82) is 0 Å². The summed E-state index contributed by atoms with van der Waals surface area (Å²) in [5, 5.41) is 19.8. The maximum absolute atomic E-state index is 11.1. The molecule has 1 rings (SSSR count). The van der Waals surface area contributed by atoms with Crippen LogP contribution < -0.4 is 4.90 Å². The third-order valence-electron chi connectivity index (χ3n) is 2.83. The van der Waals surface area contributed by atoms with Gasteiger partial charge in [0.25, 0.3) is 5.69 Å². The van der Waals surface area contributed by atoms with Crippen LogP contribution in [0.15, 0.2) is 18.2 Å². The van der Waals surface area contributed by atoms with E-state index < -0.39 is 10.9 Å². The summed E-state index contributed by atoms with van der Waals surface area (Å²) in [6.45, 7) is 5.86. The summed E-state index contributed by atoms with van der Waals surface area (Å²) in [6.07, 6.45) is -0.0523. The van der Waals surface area contributed by atoms with Crippen molar-refractivity contribution in [3.8, 4) is 0 Å². The molecule has 0 heterocycles. The fraction of sp³-hybridized carbons (Fsp3) is 0.462. The molecule has 1 aromatic carbocycles. The number of carboxylic acid groups (broad SMARTS) is 1. The monoisotopic (exact) mass is 266 g/mol. The summed E-state index contributed by atoms with van der Waals surface area (Å²) in [4.78, 5) is 23.1. The van der Waals surface area contributed by atoms with E-state index in [-0.39, 0.29) is 24.7 Å². The lowest BCUT2D eigenvalue weighted by Crippen LogP contribution is -2.33. The zero-order chi connectivity index (χ0) is 14.6. The summed E-state index contributed by atoms with van der Waals surface area (Å²) in [5.74, 6) is -0.916. The molecule has 0 bridgehead atoms. The molecule has 0 spiro atoms. The summed E-state index contributed by atoms with van der Waals surface area (Å²) in [6, 6.07) is 4.85. The number of carboxylic acids is 1. The number of carbonyl (C=O) groups is 1. The summed E-state index contributed by atoms with van der Waals surface area (Å²) in [7, 11) is 0. The van der Waals surface area contributed by atoms with Gasteiger partial charge in [0.05, 0.1) is 11.3 Å². The highest BCUT2D eigenvalue weighted by Gasteiger charge is 2.21. The van der Waals surface area contributed by atoms with Crippen molar-refractivity contribution in [3.05, 3.63) is 33.9 Å². The highest BCUT2D eigenvalue weighted by molar-refractivity contribution is 5.69. The fourth-order valence-electron chi connectivity index (χ4n) is 1.89. The lowest BCUT2D eigenvalue weighted by Gasteiger charge is -2.28. The Morgan fingerprint density at radius 2 is 2.11 bits per heavy atom.